The Bertz CT molecular complexity index is 86.3. The molecule has 0 aliphatic carbocycles. The van der Waals surface area contributed by atoms with Crippen molar-refractivity contribution in [3.05, 3.63) is 0 Å². The monoisotopic (exact) mass is 206 g/mol. The van der Waals surface area contributed by atoms with E-state index in [1.54, 1.807) is 0 Å². The van der Waals surface area contributed by atoms with Gasteiger partial charge in [-0.1, -0.05) is 64.7 Å². The van der Waals surface area contributed by atoms with E-state index in [0.717, 1.165) is 0 Å². The van der Waals surface area contributed by atoms with Crippen LogP contribution < -0.4 is 0 Å². The first-order valence-electron chi connectivity index (χ1n) is 5.06. The summed E-state index contributed by atoms with van der Waals surface area (Å²) in [6.45, 7) is 9.67. The molecule has 0 saturated carbocycles. The number of unbranched alkanes of at least 4 members (excludes halogenated alkanes) is 4. The summed E-state index contributed by atoms with van der Waals surface area (Å²) < 4.78 is 0. The highest BCUT2D eigenvalue weighted by molar-refractivity contribution is 6.92. The van der Waals surface area contributed by atoms with E-state index < -0.39 is 8.07 Å². The molecule has 0 bridgehead atoms. The smallest absolute Gasteiger partial charge is 0.0442 e. The Balaban J connectivity index is 0. The minimum absolute atomic E-state index is 0. The molecule has 0 fully saturated rings. The molecule has 1 atom stereocenters. The molecular weight excluding hydrogens is 179 g/mol. The van der Waals surface area contributed by atoms with Gasteiger partial charge >= 0.3 is 0 Å². The molecule has 0 aliphatic heterocycles. The van der Waals surface area contributed by atoms with Gasteiger partial charge in [0, 0.05) is 8.07 Å². The Hall–Kier alpha value is 0.647. The molecule has 0 nitrogen and oxygen atoms in total. The highest BCUT2D eigenvalue weighted by Gasteiger charge is 2.10. The third-order valence-electron chi connectivity index (χ3n) is 2.03. The van der Waals surface area contributed by atoms with Crippen LogP contribution in [0, 0.1) is 0 Å². The van der Waals surface area contributed by atoms with E-state index in [4.69, 9.17) is 0 Å². The summed E-state index contributed by atoms with van der Waals surface area (Å²) in [4.78, 5) is 0. The highest BCUT2D eigenvalue weighted by Crippen LogP contribution is 2.14. The molecule has 2 heteroatoms. The summed E-state index contributed by atoms with van der Waals surface area (Å²) in [7, 11) is -0.717. The molecular formula is C10H27PSi. The van der Waals surface area contributed by atoms with Crippen molar-refractivity contribution in [1.29, 1.82) is 0 Å². The van der Waals surface area contributed by atoms with Crippen molar-refractivity contribution in [2.45, 2.75) is 64.7 Å². The van der Waals surface area contributed by atoms with Gasteiger partial charge in [-0.3, -0.25) is 0 Å². The summed E-state index contributed by atoms with van der Waals surface area (Å²) in [5, 5.41) is 0. The number of hydrogen-bond donors (Lipinski definition) is 0. The maximum atomic E-state index is 2.47. The van der Waals surface area contributed by atoms with Crippen LogP contribution in [0.2, 0.25) is 25.7 Å². The lowest BCUT2D eigenvalue weighted by Gasteiger charge is -2.14. The fraction of sp³-hybridized carbons (Fsp3) is 1.00. The van der Waals surface area contributed by atoms with Gasteiger partial charge in [-0.2, -0.15) is 9.90 Å². The minimum atomic E-state index is -0.717. The Morgan fingerprint density at radius 3 is 1.75 bits per heavy atom. The van der Waals surface area contributed by atoms with Crippen LogP contribution in [0.5, 0.6) is 0 Å². The summed E-state index contributed by atoms with van der Waals surface area (Å²) in [5.41, 5.74) is 0. The van der Waals surface area contributed by atoms with Gasteiger partial charge in [0.25, 0.3) is 0 Å². The van der Waals surface area contributed by atoms with Crippen LogP contribution in [0.25, 0.3) is 0 Å². The molecule has 0 heterocycles. The molecule has 0 radical (unpaired) electrons. The molecule has 76 valence electrons. The maximum absolute atomic E-state index is 2.47. The fourth-order valence-electron chi connectivity index (χ4n) is 1.26. The van der Waals surface area contributed by atoms with Crippen LogP contribution in [0.1, 0.15) is 39.0 Å². The summed E-state index contributed by atoms with van der Waals surface area (Å²) in [5.74, 6) is 0. The fourth-order valence-corrected chi connectivity index (χ4v) is 2.57. The average Bonchev–Trinajstić information content (AvgIpc) is 1.85. The highest BCUT2D eigenvalue weighted by atomic mass is 31.0. The Kier molecular flexibility index (Phi) is 10.4. The molecule has 0 aromatic rings. The van der Waals surface area contributed by atoms with E-state index in [1.807, 2.05) is 0 Å². The van der Waals surface area contributed by atoms with Gasteiger partial charge in [0.15, 0.2) is 0 Å². The van der Waals surface area contributed by atoms with E-state index in [1.165, 1.54) is 38.1 Å². The van der Waals surface area contributed by atoms with Crippen molar-refractivity contribution in [3.63, 3.8) is 0 Å². The number of hydrogen-bond acceptors (Lipinski definition) is 0. The van der Waals surface area contributed by atoms with Crippen molar-refractivity contribution in [2.24, 2.45) is 0 Å². The Morgan fingerprint density at radius 1 is 0.833 bits per heavy atom. The van der Waals surface area contributed by atoms with Gasteiger partial charge < -0.3 is 0 Å². The van der Waals surface area contributed by atoms with Crippen LogP contribution >= 0.6 is 9.90 Å². The van der Waals surface area contributed by atoms with E-state index >= 15 is 0 Å². The standard InChI is InChI=1S/C10H24Si.H3P/c1-5-6-7-8-9-10-11(2,3)4;/h5-10H2,1-4H3;1H3. The molecule has 0 aromatic carbocycles. The van der Waals surface area contributed by atoms with Crippen molar-refractivity contribution in [3.8, 4) is 0 Å². The predicted octanol–water partition coefficient (Wildman–Crippen LogP) is 4.35. The van der Waals surface area contributed by atoms with Crippen LogP contribution in [0.4, 0.5) is 0 Å². The topological polar surface area (TPSA) is 0 Å². The van der Waals surface area contributed by atoms with Crippen LogP contribution in [-0.4, -0.2) is 8.07 Å². The molecule has 12 heavy (non-hydrogen) atoms. The third-order valence-corrected chi connectivity index (χ3v) is 3.88. The van der Waals surface area contributed by atoms with E-state index in [0.29, 0.717) is 0 Å². The molecule has 0 amide bonds. The van der Waals surface area contributed by atoms with E-state index in [2.05, 4.69) is 26.6 Å². The first-order chi connectivity index (χ1) is 5.06. The molecule has 0 aliphatic rings. The van der Waals surface area contributed by atoms with Gasteiger partial charge in [0.2, 0.25) is 0 Å². The number of rotatable bonds is 6. The van der Waals surface area contributed by atoms with Crippen molar-refractivity contribution in [1.82, 2.24) is 0 Å². The first-order valence-corrected chi connectivity index (χ1v) is 8.77. The first kappa shape index (κ1) is 15.1. The SMILES string of the molecule is CCCCCCC[Si](C)(C)C.P. The second-order valence-corrected chi connectivity index (χ2v) is 10.3. The Labute approximate surface area is 83.2 Å². The van der Waals surface area contributed by atoms with Crippen LogP contribution in [-0.2, 0) is 0 Å². The average molecular weight is 206 g/mol. The Morgan fingerprint density at radius 2 is 1.33 bits per heavy atom. The molecule has 0 aromatic heterocycles. The lowest BCUT2D eigenvalue weighted by atomic mass is 10.2. The minimum Gasteiger partial charge on any atom is -0.153 e. The normalized spacial score (nSPS) is 11.0. The zero-order chi connectivity index (χ0) is 8.74. The zero-order valence-corrected chi connectivity index (χ0v) is 11.9. The second kappa shape index (κ2) is 8.25. The molecule has 0 saturated heterocycles. The molecule has 0 rings (SSSR count). The largest absolute Gasteiger partial charge is 0.153 e. The lowest BCUT2D eigenvalue weighted by Crippen LogP contribution is -2.18. The van der Waals surface area contributed by atoms with Crippen LogP contribution in [0.3, 0.4) is 0 Å². The van der Waals surface area contributed by atoms with Crippen molar-refractivity contribution in [2.75, 3.05) is 0 Å². The molecule has 1 unspecified atom stereocenters. The van der Waals surface area contributed by atoms with Crippen LogP contribution in [0.15, 0.2) is 0 Å². The van der Waals surface area contributed by atoms with Gasteiger partial charge in [-0.15, -0.1) is 0 Å². The zero-order valence-electron chi connectivity index (χ0n) is 9.45. The van der Waals surface area contributed by atoms with E-state index in [-0.39, 0.29) is 9.90 Å². The molecule has 0 spiro atoms. The van der Waals surface area contributed by atoms with Gasteiger partial charge in [0.1, 0.15) is 0 Å². The van der Waals surface area contributed by atoms with Gasteiger partial charge in [0.05, 0.1) is 0 Å². The molecule has 0 N–H and O–H groups in total. The predicted molar refractivity (Wildman–Crippen MR) is 68.0 cm³/mol. The second-order valence-electron chi connectivity index (χ2n) is 4.72. The lowest BCUT2D eigenvalue weighted by molar-refractivity contribution is 0.653. The van der Waals surface area contributed by atoms with Crippen molar-refractivity contribution < 1.29 is 0 Å². The third kappa shape index (κ3) is 13.3. The summed E-state index contributed by atoms with van der Waals surface area (Å²) in [6, 6.07) is 1.52. The van der Waals surface area contributed by atoms with E-state index in [9.17, 15) is 0 Å². The summed E-state index contributed by atoms with van der Waals surface area (Å²) >= 11 is 0. The maximum Gasteiger partial charge on any atom is 0.0442 e. The van der Waals surface area contributed by atoms with Gasteiger partial charge in [-0.25, -0.2) is 0 Å². The summed E-state index contributed by atoms with van der Waals surface area (Å²) in [6.07, 6.45) is 7.22. The quantitative estimate of drug-likeness (QED) is 0.344. The van der Waals surface area contributed by atoms with Crippen molar-refractivity contribution >= 4 is 18.0 Å². The van der Waals surface area contributed by atoms with Gasteiger partial charge in [-0.05, 0) is 0 Å².